The Morgan fingerprint density at radius 3 is 2.27 bits per heavy atom. The highest BCUT2D eigenvalue weighted by Crippen LogP contribution is 2.24. The average Bonchev–Trinajstić information content (AvgIpc) is 2.60. The molecule has 26 heavy (non-hydrogen) atoms. The average molecular weight is 369 g/mol. The number of nitrogens with one attached hydrogen (secondary N) is 2. The van der Waals surface area contributed by atoms with Crippen molar-refractivity contribution in [1.29, 1.82) is 0 Å². The topological polar surface area (TPSA) is 33.3 Å². The van der Waals surface area contributed by atoms with E-state index in [2.05, 4.69) is 69.2 Å². The van der Waals surface area contributed by atoms with Crippen LogP contribution in [0.1, 0.15) is 44.9 Å². The predicted octanol–water partition coefficient (Wildman–Crippen LogP) is 5.60. The number of hydrogen-bond donors (Lipinski definition) is 2. The Bertz CT molecular complexity index is 730. The first-order valence-corrected chi connectivity index (χ1v) is 9.22. The molecular weight excluding hydrogens is 340 g/mol. The molecule has 0 amide bonds. The lowest BCUT2D eigenvalue weighted by Gasteiger charge is -2.21. The molecule has 0 fully saturated rings. The van der Waals surface area contributed by atoms with Gasteiger partial charge in [0.1, 0.15) is 12.4 Å². The lowest BCUT2D eigenvalue weighted by Crippen LogP contribution is -2.30. The van der Waals surface area contributed by atoms with Crippen LogP contribution in [0.3, 0.4) is 0 Å². The quantitative estimate of drug-likeness (QED) is 0.514. The molecule has 2 rings (SSSR count). The Morgan fingerprint density at radius 2 is 1.73 bits per heavy atom. The fourth-order valence-corrected chi connectivity index (χ4v) is 2.80. The van der Waals surface area contributed by atoms with Crippen molar-refractivity contribution in [3.05, 3.63) is 72.3 Å². The molecule has 1 atom stereocenters. The number of rotatable bonds is 6. The van der Waals surface area contributed by atoms with Crippen molar-refractivity contribution < 1.29 is 4.74 Å². The van der Waals surface area contributed by atoms with Gasteiger partial charge in [0.05, 0.1) is 6.04 Å². The molecule has 0 aliphatic heterocycles. The smallest absolute Gasteiger partial charge is 0.171 e. The van der Waals surface area contributed by atoms with Crippen molar-refractivity contribution in [3.63, 3.8) is 0 Å². The van der Waals surface area contributed by atoms with Gasteiger partial charge in [-0.3, -0.25) is 0 Å². The standard InChI is InChI=1S/C22H28N2OS/c1-6-15-25-20-13-11-19(12-14-20)24-21(26)23-16(2)17-7-9-18(10-8-17)22(3,4)5/h6-14,16H,1,15H2,2-5H3,(H2,23,24,26). The van der Waals surface area contributed by atoms with Crippen LogP contribution in [0.5, 0.6) is 5.75 Å². The minimum Gasteiger partial charge on any atom is -0.490 e. The molecule has 0 aromatic heterocycles. The second kappa shape index (κ2) is 8.86. The molecule has 0 aliphatic rings. The molecule has 0 radical (unpaired) electrons. The molecule has 2 N–H and O–H groups in total. The Hall–Kier alpha value is -2.33. The van der Waals surface area contributed by atoms with Gasteiger partial charge in [-0.05, 0) is 59.9 Å². The minimum absolute atomic E-state index is 0.124. The van der Waals surface area contributed by atoms with Crippen LogP contribution in [0.25, 0.3) is 0 Å². The van der Waals surface area contributed by atoms with E-state index in [4.69, 9.17) is 17.0 Å². The largest absolute Gasteiger partial charge is 0.490 e. The van der Waals surface area contributed by atoms with Crippen molar-refractivity contribution in [2.45, 2.75) is 39.2 Å². The Morgan fingerprint density at radius 1 is 1.12 bits per heavy atom. The molecule has 3 nitrogen and oxygen atoms in total. The molecule has 0 aliphatic carbocycles. The molecule has 0 bridgehead atoms. The summed E-state index contributed by atoms with van der Waals surface area (Å²) in [6, 6.07) is 16.5. The Labute approximate surface area is 162 Å². The molecule has 0 spiro atoms. The number of anilines is 1. The summed E-state index contributed by atoms with van der Waals surface area (Å²) in [5.41, 5.74) is 3.61. The van der Waals surface area contributed by atoms with Gasteiger partial charge >= 0.3 is 0 Å². The van der Waals surface area contributed by atoms with E-state index in [0.29, 0.717) is 11.7 Å². The fourth-order valence-electron chi connectivity index (χ4n) is 2.51. The molecule has 0 saturated heterocycles. The van der Waals surface area contributed by atoms with E-state index in [9.17, 15) is 0 Å². The summed E-state index contributed by atoms with van der Waals surface area (Å²) in [6.45, 7) is 12.9. The summed E-state index contributed by atoms with van der Waals surface area (Å²) in [4.78, 5) is 0. The highest BCUT2D eigenvalue weighted by atomic mass is 32.1. The maximum atomic E-state index is 5.48. The monoisotopic (exact) mass is 368 g/mol. The van der Waals surface area contributed by atoms with Gasteiger partial charge in [0.2, 0.25) is 0 Å². The van der Waals surface area contributed by atoms with Crippen LogP contribution in [0, 0.1) is 0 Å². The number of ether oxygens (including phenoxy) is 1. The van der Waals surface area contributed by atoms with Crippen LogP contribution < -0.4 is 15.4 Å². The molecule has 2 aromatic rings. The summed E-state index contributed by atoms with van der Waals surface area (Å²) < 4.78 is 5.48. The Kier molecular flexibility index (Phi) is 6.81. The first-order chi connectivity index (χ1) is 12.3. The van der Waals surface area contributed by atoms with Gasteiger partial charge in [0.15, 0.2) is 5.11 Å². The number of thiocarbonyl (C=S) groups is 1. The van der Waals surface area contributed by atoms with Crippen LogP contribution in [0.15, 0.2) is 61.2 Å². The van der Waals surface area contributed by atoms with Gasteiger partial charge in [-0.1, -0.05) is 57.7 Å². The van der Waals surface area contributed by atoms with Crippen molar-refractivity contribution >= 4 is 23.0 Å². The molecule has 0 heterocycles. The van der Waals surface area contributed by atoms with Crippen LogP contribution in [-0.2, 0) is 5.41 Å². The van der Waals surface area contributed by atoms with E-state index >= 15 is 0 Å². The van der Waals surface area contributed by atoms with Gasteiger partial charge in [0, 0.05) is 5.69 Å². The molecule has 1 unspecified atom stereocenters. The predicted molar refractivity (Wildman–Crippen MR) is 115 cm³/mol. The molecule has 4 heteroatoms. The van der Waals surface area contributed by atoms with Crippen molar-refractivity contribution in [3.8, 4) is 5.75 Å². The first-order valence-electron chi connectivity index (χ1n) is 8.81. The molecule has 0 saturated carbocycles. The summed E-state index contributed by atoms with van der Waals surface area (Å²) in [7, 11) is 0. The van der Waals surface area contributed by atoms with E-state index in [-0.39, 0.29) is 11.5 Å². The molecular formula is C22H28N2OS. The van der Waals surface area contributed by atoms with Gasteiger partial charge < -0.3 is 15.4 Å². The summed E-state index contributed by atoms with van der Waals surface area (Å²) in [6.07, 6.45) is 1.72. The maximum absolute atomic E-state index is 5.48. The lowest BCUT2D eigenvalue weighted by molar-refractivity contribution is 0.363. The second-order valence-corrected chi connectivity index (χ2v) is 7.72. The lowest BCUT2D eigenvalue weighted by atomic mass is 9.86. The van der Waals surface area contributed by atoms with Gasteiger partial charge in [-0.15, -0.1) is 0 Å². The van der Waals surface area contributed by atoms with Crippen LogP contribution in [0.2, 0.25) is 0 Å². The van der Waals surface area contributed by atoms with Crippen molar-refractivity contribution in [1.82, 2.24) is 5.32 Å². The van der Waals surface area contributed by atoms with Gasteiger partial charge in [0.25, 0.3) is 0 Å². The van der Waals surface area contributed by atoms with Crippen LogP contribution in [0.4, 0.5) is 5.69 Å². The maximum Gasteiger partial charge on any atom is 0.171 e. The third kappa shape index (κ3) is 5.88. The number of benzene rings is 2. The third-order valence-electron chi connectivity index (χ3n) is 4.10. The molecule has 2 aromatic carbocycles. The zero-order valence-electron chi connectivity index (χ0n) is 16.0. The summed E-state index contributed by atoms with van der Waals surface area (Å²) >= 11 is 5.43. The van der Waals surface area contributed by atoms with E-state index in [1.807, 2.05) is 24.3 Å². The Balaban J connectivity index is 1.91. The van der Waals surface area contributed by atoms with E-state index in [1.165, 1.54) is 11.1 Å². The highest BCUT2D eigenvalue weighted by molar-refractivity contribution is 7.80. The van der Waals surface area contributed by atoms with Gasteiger partial charge in [-0.25, -0.2) is 0 Å². The second-order valence-electron chi connectivity index (χ2n) is 7.32. The van der Waals surface area contributed by atoms with Crippen LogP contribution >= 0.6 is 12.2 Å². The molecule has 138 valence electrons. The zero-order valence-corrected chi connectivity index (χ0v) is 16.8. The van der Waals surface area contributed by atoms with Crippen LogP contribution in [-0.4, -0.2) is 11.7 Å². The van der Waals surface area contributed by atoms with Gasteiger partial charge in [-0.2, -0.15) is 0 Å². The summed E-state index contributed by atoms with van der Waals surface area (Å²) in [5.74, 6) is 0.807. The third-order valence-corrected chi connectivity index (χ3v) is 4.32. The highest BCUT2D eigenvalue weighted by Gasteiger charge is 2.14. The first kappa shape index (κ1) is 20.0. The van der Waals surface area contributed by atoms with E-state index in [0.717, 1.165) is 11.4 Å². The van der Waals surface area contributed by atoms with Crippen molar-refractivity contribution in [2.24, 2.45) is 0 Å². The normalized spacial score (nSPS) is 12.2. The SMILES string of the molecule is C=CCOc1ccc(NC(=S)NC(C)c2ccc(C(C)(C)C)cc2)cc1. The minimum atomic E-state index is 0.124. The fraction of sp³-hybridized carbons (Fsp3) is 0.318. The zero-order chi connectivity index (χ0) is 19.2. The van der Waals surface area contributed by atoms with E-state index < -0.39 is 0 Å². The number of hydrogen-bond acceptors (Lipinski definition) is 2. The summed E-state index contributed by atoms with van der Waals surface area (Å²) in [5, 5.41) is 7.13. The van der Waals surface area contributed by atoms with Crippen molar-refractivity contribution in [2.75, 3.05) is 11.9 Å². The van der Waals surface area contributed by atoms with E-state index in [1.54, 1.807) is 6.08 Å².